The number of rotatable bonds is 7. The molecule has 3 nitrogen and oxygen atoms in total. The van der Waals surface area contributed by atoms with Crippen LogP contribution in [0.3, 0.4) is 0 Å². The zero-order valence-corrected chi connectivity index (χ0v) is 20.2. The Morgan fingerprint density at radius 1 is 0.759 bits per heavy atom. The van der Waals surface area contributed by atoms with Crippen LogP contribution < -0.4 is 5.82 Å². The van der Waals surface area contributed by atoms with Crippen molar-refractivity contribution in [3.8, 4) is 0 Å². The lowest BCUT2D eigenvalue weighted by Crippen LogP contribution is -2.30. The van der Waals surface area contributed by atoms with Gasteiger partial charge in [0.05, 0.1) is 0 Å². The van der Waals surface area contributed by atoms with Crippen LogP contribution >= 0.6 is 0 Å². The highest BCUT2D eigenvalue weighted by Crippen LogP contribution is 2.40. The first kappa shape index (κ1) is 23.5. The van der Waals surface area contributed by atoms with Crippen LogP contribution in [0.1, 0.15) is 97.8 Å². The van der Waals surface area contributed by atoms with Crippen molar-refractivity contribution in [2.75, 3.05) is 0 Å². The van der Waals surface area contributed by atoms with Crippen molar-refractivity contribution >= 4 is 0 Å². The van der Waals surface area contributed by atoms with Crippen molar-refractivity contribution in [3.05, 3.63) is 57.5 Å². The summed E-state index contributed by atoms with van der Waals surface area (Å²) in [5, 5.41) is 0. The van der Waals surface area contributed by atoms with E-state index >= 15 is 0 Å². The molecule has 0 radical (unpaired) electrons. The van der Waals surface area contributed by atoms with Crippen LogP contribution in [0.5, 0.6) is 0 Å². The molecule has 0 fully saturated rings. The van der Waals surface area contributed by atoms with Gasteiger partial charge in [0.15, 0.2) is 5.76 Å². The molecule has 29 heavy (non-hydrogen) atoms. The molecule has 0 aliphatic carbocycles. The van der Waals surface area contributed by atoms with Gasteiger partial charge in [-0.1, -0.05) is 86.6 Å². The van der Waals surface area contributed by atoms with Gasteiger partial charge in [0.2, 0.25) is 0 Å². The summed E-state index contributed by atoms with van der Waals surface area (Å²) in [7, 11) is 0. The fourth-order valence-electron chi connectivity index (χ4n) is 5.37. The third-order valence-electron chi connectivity index (χ3n) is 5.67. The summed E-state index contributed by atoms with van der Waals surface area (Å²) < 4.78 is 10.4. The maximum Gasteiger partial charge on any atom is 0.519 e. The average Bonchev–Trinajstić information content (AvgIpc) is 2.83. The number of aryl methyl sites for hydroxylation is 1. The number of hydrogen-bond donors (Lipinski definition) is 0. The summed E-state index contributed by atoms with van der Waals surface area (Å²) in [5.74, 6) is 0.606. The van der Waals surface area contributed by atoms with Crippen LogP contribution in [0.4, 0.5) is 0 Å². The van der Waals surface area contributed by atoms with Gasteiger partial charge in [0.1, 0.15) is 5.76 Å². The molecule has 162 valence electrons. The van der Waals surface area contributed by atoms with E-state index in [1.54, 1.807) is 6.92 Å². The highest BCUT2D eigenvalue weighted by molar-refractivity contribution is 5.30. The molecule has 0 bridgehead atoms. The van der Waals surface area contributed by atoms with Crippen LogP contribution in [-0.2, 0) is 17.3 Å². The fourth-order valence-corrected chi connectivity index (χ4v) is 5.37. The highest BCUT2D eigenvalue weighted by atomic mass is 16.6. The summed E-state index contributed by atoms with van der Waals surface area (Å²) in [6.45, 7) is 22.2. The number of hydrogen-bond acceptors (Lipinski definition) is 3. The maximum absolute atomic E-state index is 11.5. The lowest BCUT2D eigenvalue weighted by atomic mass is 9.69. The van der Waals surface area contributed by atoms with Gasteiger partial charge in [0, 0.05) is 5.41 Å². The molecule has 1 heterocycles. The van der Waals surface area contributed by atoms with E-state index in [1.165, 1.54) is 17.5 Å². The summed E-state index contributed by atoms with van der Waals surface area (Å²) >= 11 is 0. The van der Waals surface area contributed by atoms with E-state index in [1.807, 2.05) is 0 Å². The molecule has 0 saturated heterocycles. The normalized spacial score (nSPS) is 13.7. The first-order valence-corrected chi connectivity index (χ1v) is 10.7. The van der Waals surface area contributed by atoms with Crippen LogP contribution in [0, 0.1) is 17.8 Å². The Morgan fingerprint density at radius 3 is 1.76 bits per heavy atom. The molecule has 0 aliphatic rings. The molecule has 1 aromatic heterocycles. The molecule has 0 spiro atoms. The topological polar surface area (TPSA) is 43.4 Å². The van der Waals surface area contributed by atoms with Crippen molar-refractivity contribution in [2.45, 2.75) is 99.3 Å². The SMILES string of the molecule is Cc1oc(=O)oc1C(C)(C)CC(C)(C)c1ccc(CC(C)(C)CC(C)(C)C)cc1. The first-order chi connectivity index (χ1) is 13.0. The second-order valence-electron chi connectivity index (χ2n) is 12.1. The summed E-state index contributed by atoms with van der Waals surface area (Å²) in [6.07, 6.45) is 3.12. The molecule has 2 aromatic rings. The molecular weight excluding hydrogens is 360 g/mol. The highest BCUT2D eigenvalue weighted by Gasteiger charge is 2.36. The van der Waals surface area contributed by atoms with Crippen LogP contribution in [0.2, 0.25) is 0 Å². The van der Waals surface area contributed by atoms with Gasteiger partial charge in [-0.3, -0.25) is 0 Å². The molecule has 0 N–H and O–H groups in total. The van der Waals surface area contributed by atoms with Crippen LogP contribution in [-0.4, -0.2) is 0 Å². The van der Waals surface area contributed by atoms with E-state index in [-0.39, 0.29) is 16.2 Å². The van der Waals surface area contributed by atoms with Crippen molar-refractivity contribution in [2.24, 2.45) is 10.8 Å². The molecule has 0 aliphatic heterocycles. The predicted molar refractivity (Wildman–Crippen MR) is 121 cm³/mol. The standard InChI is InChI=1S/C26H40O3/c1-18-21(29-22(27)28-18)26(9,10)17-25(7,8)20-13-11-19(12-14-20)15-24(5,6)16-23(2,3)4/h11-14H,15-17H2,1-10H3. The Bertz CT molecular complexity index is 868. The minimum absolute atomic E-state index is 0.0643. The summed E-state index contributed by atoms with van der Waals surface area (Å²) in [4.78, 5) is 11.5. The van der Waals surface area contributed by atoms with Crippen molar-refractivity contribution in [1.82, 2.24) is 0 Å². The van der Waals surface area contributed by atoms with Gasteiger partial charge in [-0.2, -0.15) is 0 Å². The molecule has 0 unspecified atom stereocenters. The Hall–Kier alpha value is -1.77. The summed E-state index contributed by atoms with van der Waals surface area (Å²) in [6, 6.07) is 9.07. The molecule has 2 rings (SSSR count). The third-order valence-corrected chi connectivity index (χ3v) is 5.67. The van der Waals surface area contributed by atoms with Gasteiger partial charge in [-0.25, -0.2) is 4.79 Å². The van der Waals surface area contributed by atoms with Crippen molar-refractivity contribution in [1.29, 1.82) is 0 Å². The molecule has 1 aromatic carbocycles. The van der Waals surface area contributed by atoms with Crippen LogP contribution in [0.25, 0.3) is 0 Å². The monoisotopic (exact) mass is 400 g/mol. The lowest BCUT2D eigenvalue weighted by Gasteiger charge is -2.35. The van der Waals surface area contributed by atoms with Gasteiger partial charge in [0.25, 0.3) is 0 Å². The van der Waals surface area contributed by atoms with E-state index in [0.29, 0.717) is 16.9 Å². The zero-order valence-electron chi connectivity index (χ0n) is 20.2. The van der Waals surface area contributed by atoms with Gasteiger partial charge in [-0.05, 0) is 53.6 Å². The third kappa shape index (κ3) is 6.35. The maximum atomic E-state index is 11.5. The largest absolute Gasteiger partial charge is 0.519 e. The zero-order chi connectivity index (χ0) is 22.3. The molecular formula is C26H40O3. The Kier molecular flexibility index (Phi) is 6.33. The van der Waals surface area contributed by atoms with E-state index in [4.69, 9.17) is 8.83 Å². The molecule has 0 atom stereocenters. The van der Waals surface area contributed by atoms with E-state index in [9.17, 15) is 4.79 Å². The molecule has 0 saturated carbocycles. The average molecular weight is 401 g/mol. The first-order valence-electron chi connectivity index (χ1n) is 10.7. The summed E-state index contributed by atoms with van der Waals surface area (Å²) in [5.41, 5.74) is 2.92. The second-order valence-corrected chi connectivity index (χ2v) is 12.1. The minimum atomic E-state index is -0.620. The van der Waals surface area contributed by atoms with Gasteiger partial charge < -0.3 is 8.83 Å². The van der Waals surface area contributed by atoms with Gasteiger partial charge >= 0.3 is 5.82 Å². The fraction of sp³-hybridized carbons (Fsp3) is 0.654. The van der Waals surface area contributed by atoms with Crippen LogP contribution in [0.15, 0.2) is 37.9 Å². The quantitative estimate of drug-likeness (QED) is 0.494. The minimum Gasteiger partial charge on any atom is -0.396 e. The Balaban J connectivity index is 2.17. The second kappa shape index (κ2) is 7.81. The van der Waals surface area contributed by atoms with E-state index in [0.717, 1.165) is 12.8 Å². The smallest absolute Gasteiger partial charge is 0.396 e. The Morgan fingerprint density at radius 2 is 1.31 bits per heavy atom. The van der Waals surface area contributed by atoms with Crippen molar-refractivity contribution in [3.63, 3.8) is 0 Å². The van der Waals surface area contributed by atoms with Gasteiger partial charge in [-0.15, -0.1) is 0 Å². The lowest BCUT2D eigenvalue weighted by molar-refractivity contribution is 0.211. The number of benzene rings is 1. The molecule has 3 heteroatoms. The van der Waals surface area contributed by atoms with Crippen molar-refractivity contribution < 1.29 is 8.83 Å². The molecule has 0 amide bonds. The predicted octanol–water partition coefficient (Wildman–Crippen LogP) is 7.19. The van der Waals surface area contributed by atoms with E-state index in [2.05, 4.69) is 86.6 Å². The van der Waals surface area contributed by atoms with E-state index < -0.39 is 5.82 Å². The Labute approximate surface area is 176 Å².